The van der Waals surface area contributed by atoms with Crippen molar-refractivity contribution < 1.29 is 9.59 Å². The predicted molar refractivity (Wildman–Crippen MR) is 121 cm³/mol. The molecule has 0 bridgehead atoms. The standard InChI is InChI=1S/C25H26N4O2/c26-12-20-11-19-8-16(13-27-24(19)28-25(20)31)6-7-23(30)29-14-21-9-18(10-22(21)15-29)17-4-2-1-3-5-17/h1-9,13,20-22H,10-12,14-15,26H2,(H,27,28,31)/b7-6+. The Bertz CT molecular complexity index is 1080. The number of nitrogens with one attached hydrogen (secondary N) is 1. The molecule has 6 nitrogen and oxygen atoms in total. The minimum Gasteiger partial charge on any atom is -0.338 e. The van der Waals surface area contributed by atoms with Crippen molar-refractivity contribution >= 4 is 29.3 Å². The van der Waals surface area contributed by atoms with Gasteiger partial charge >= 0.3 is 0 Å². The number of benzene rings is 1. The minimum atomic E-state index is -0.229. The van der Waals surface area contributed by atoms with Crippen molar-refractivity contribution in [1.82, 2.24) is 9.88 Å². The summed E-state index contributed by atoms with van der Waals surface area (Å²) < 4.78 is 0. The van der Waals surface area contributed by atoms with Crippen molar-refractivity contribution in [2.45, 2.75) is 12.8 Å². The first kappa shape index (κ1) is 19.7. The summed E-state index contributed by atoms with van der Waals surface area (Å²) in [7, 11) is 0. The van der Waals surface area contributed by atoms with Crippen molar-refractivity contribution in [1.29, 1.82) is 0 Å². The summed E-state index contributed by atoms with van der Waals surface area (Å²) >= 11 is 0. The smallest absolute Gasteiger partial charge is 0.246 e. The van der Waals surface area contributed by atoms with Crippen molar-refractivity contribution in [3.8, 4) is 0 Å². The Kier molecular flexibility index (Phi) is 5.16. The van der Waals surface area contributed by atoms with Gasteiger partial charge in [-0.15, -0.1) is 0 Å². The summed E-state index contributed by atoms with van der Waals surface area (Å²) in [6, 6.07) is 12.5. The molecule has 3 aliphatic rings. The Morgan fingerprint density at radius 1 is 1.23 bits per heavy atom. The zero-order valence-electron chi connectivity index (χ0n) is 17.3. The molecule has 1 fully saturated rings. The first-order chi connectivity index (χ1) is 15.1. The highest BCUT2D eigenvalue weighted by molar-refractivity contribution is 5.95. The molecule has 1 aromatic carbocycles. The molecule has 2 aromatic rings. The van der Waals surface area contributed by atoms with Crippen molar-refractivity contribution in [3.05, 3.63) is 71.4 Å². The van der Waals surface area contributed by atoms with Gasteiger partial charge in [-0.1, -0.05) is 36.4 Å². The van der Waals surface area contributed by atoms with Crippen LogP contribution in [0.5, 0.6) is 0 Å². The van der Waals surface area contributed by atoms with E-state index in [0.717, 1.165) is 30.6 Å². The first-order valence-corrected chi connectivity index (χ1v) is 10.8. The van der Waals surface area contributed by atoms with Crippen LogP contribution in [0.1, 0.15) is 23.1 Å². The number of carbonyl (C=O) groups excluding carboxylic acids is 2. The molecule has 5 rings (SSSR count). The zero-order valence-corrected chi connectivity index (χ0v) is 17.3. The SMILES string of the molecule is NCC1Cc2cc(/C=C/C(=O)N3CC4C=C(c5ccccc5)CC4C3)cnc2NC1=O. The summed E-state index contributed by atoms with van der Waals surface area (Å²) in [6.45, 7) is 1.88. The number of hydrogen-bond donors (Lipinski definition) is 2. The zero-order chi connectivity index (χ0) is 21.4. The maximum Gasteiger partial charge on any atom is 0.246 e. The highest BCUT2D eigenvalue weighted by Crippen LogP contribution is 2.41. The number of nitrogens with two attached hydrogens (primary N) is 1. The number of nitrogens with zero attached hydrogens (tertiary/aromatic N) is 2. The van der Waals surface area contributed by atoms with Crippen LogP contribution in [-0.2, 0) is 16.0 Å². The highest BCUT2D eigenvalue weighted by Gasteiger charge is 2.37. The molecule has 3 unspecified atom stereocenters. The van der Waals surface area contributed by atoms with Crippen LogP contribution >= 0.6 is 0 Å². The van der Waals surface area contributed by atoms with Crippen molar-refractivity contribution in [3.63, 3.8) is 0 Å². The molecule has 3 N–H and O–H groups in total. The third-order valence-corrected chi connectivity index (χ3v) is 6.61. The van der Waals surface area contributed by atoms with E-state index in [0.29, 0.717) is 30.6 Å². The Balaban J connectivity index is 1.23. The fourth-order valence-corrected chi connectivity index (χ4v) is 4.88. The minimum absolute atomic E-state index is 0.0370. The summed E-state index contributed by atoms with van der Waals surface area (Å²) in [6.07, 6.45) is 9.08. The van der Waals surface area contributed by atoms with Crippen LogP contribution in [0.2, 0.25) is 0 Å². The number of hydrogen-bond acceptors (Lipinski definition) is 4. The quantitative estimate of drug-likeness (QED) is 0.753. The lowest BCUT2D eigenvalue weighted by Crippen LogP contribution is -2.35. The largest absolute Gasteiger partial charge is 0.338 e. The lowest BCUT2D eigenvalue weighted by molar-refractivity contribution is -0.125. The maximum absolute atomic E-state index is 12.8. The van der Waals surface area contributed by atoms with Crippen molar-refractivity contribution in [2.24, 2.45) is 23.5 Å². The van der Waals surface area contributed by atoms with E-state index in [4.69, 9.17) is 5.73 Å². The van der Waals surface area contributed by atoms with Gasteiger partial charge in [0.2, 0.25) is 11.8 Å². The van der Waals surface area contributed by atoms with Crippen molar-refractivity contribution in [2.75, 3.05) is 25.0 Å². The van der Waals surface area contributed by atoms with Gasteiger partial charge < -0.3 is 16.0 Å². The second-order valence-electron chi connectivity index (χ2n) is 8.66. The molecule has 0 spiro atoms. The Morgan fingerprint density at radius 2 is 2.06 bits per heavy atom. The monoisotopic (exact) mass is 414 g/mol. The number of anilines is 1. The van der Waals surface area contributed by atoms with Gasteiger partial charge in [0.25, 0.3) is 0 Å². The maximum atomic E-state index is 12.8. The first-order valence-electron chi connectivity index (χ1n) is 10.8. The summed E-state index contributed by atoms with van der Waals surface area (Å²) in [5.41, 5.74) is 10.2. The lowest BCUT2D eigenvalue weighted by atomic mass is 9.94. The van der Waals surface area contributed by atoms with E-state index >= 15 is 0 Å². The second kappa shape index (κ2) is 8.12. The number of allylic oxidation sites excluding steroid dienone is 1. The van der Waals surface area contributed by atoms with E-state index in [2.05, 4.69) is 40.6 Å². The highest BCUT2D eigenvalue weighted by atomic mass is 16.2. The van der Waals surface area contributed by atoms with Gasteiger partial charge in [-0.05, 0) is 59.1 Å². The van der Waals surface area contributed by atoms with Gasteiger partial charge in [-0.25, -0.2) is 4.98 Å². The van der Waals surface area contributed by atoms with Crippen LogP contribution in [-0.4, -0.2) is 41.3 Å². The molecule has 0 saturated carbocycles. The number of aromatic nitrogens is 1. The van der Waals surface area contributed by atoms with Gasteiger partial charge in [0.1, 0.15) is 5.82 Å². The van der Waals surface area contributed by atoms with Crippen LogP contribution in [0.4, 0.5) is 5.82 Å². The van der Waals surface area contributed by atoms with Gasteiger partial charge in [0, 0.05) is 31.9 Å². The Morgan fingerprint density at radius 3 is 2.84 bits per heavy atom. The number of rotatable bonds is 4. The molecule has 2 aliphatic heterocycles. The average molecular weight is 415 g/mol. The molecule has 158 valence electrons. The number of likely N-dealkylation sites (tertiary alicyclic amines) is 1. The van der Waals surface area contributed by atoms with E-state index in [9.17, 15) is 9.59 Å². The molecule has 3 heterocycles. The molecule has 1 aromatic heterocycles. The van der Waals surface area contributed by atoms with Gasteiger partial charge in [0.05, 0.1) is 5.92 Å². The third kappa shape index (κ3) is 3.91. The molecule has 0 radical (unpaired) electrons. The number of amides is 2. The Hall–Kier alpha value is -3.25. The molecular weight excluding hydrogens is 388 g/mol. The fourth-order valence-electron chi connectivity index (χ4n) is 4.88. The normalized spacial score (nSPS) is 24.7. The fraction of sp³-hybridized carbons (Fsp3) is 0.320. The third-order valence-electron chi connectivity index (χ3n) is 6.61. The summed E-state index contributed by atoms with van der Waals surface area (Å²) in [4.78, 5) is 31.0. The van der Waals surface area contributed by atoms with Crippen LogP contribution in [0.25, 0.3) is 11.6 Å². The van der Waals surface area contributed by atoms with E-state index in [-0.39, 0.29) is 17.7 Å². The van der Waals surface area contributed by atoms with E-state index in [1.807, 2.05) is 23.1 Å². The lowest BCUT2D eigenvalue weighted by Gasteiger charge is -2.22. The average Bonchev–Trinajstić information content (AvgIpc) is 3.37. The molecule has 6 heteroatoms. The van der Waals surface area contributed by atoms with E-state index in [1.165, 1.54) is 11.1 Å². The number of fused-ring (bicyclic) bond motifs is 2. The van der Waals surface area contributed by atoms with E-state index in [1.54, 1.807) is 12.3 Å². The molecule has 1 aliphatic carbocycles. The molecule has 1 saturated heterocycles. The topological polar surface area (TPSA) is 88.3 Å². The Labute approximate surface area is 181 Å². The van der Waals surface area contributed by atoms with Gasteiger partial charge in [-0.3, -0.25) is 9.59 Å². The number of pyridine rings is 1. The van der Waals surface area contributed by atoms with Crippen LogP contribution in [0, 0.1) is 17.8 Å². The van der Waals surface area contributed by atoms with Gasteiger partial charge in [0.15, 0.2) is 0 Å². The van der Waals surface area contributed by atoms with Crippen LogP contribution < -0.4 is 11.1 Å². The molecule has 31 heavy (non-hydrogen) atoms. The summed E-state index contributed by atoms with van der Waals surface area (Å²) in [5.74, 6) is 1.27. The molecule has 2 amide bonds. The predicted octanol–water partition coefficient (Wildman–Crippen LogP) is 2.73. The second-order valence-corrected chi connectivity index (χ2v) is 8.66. The molecular formula is C25H26N4O2. The van der Waals surface area contributed by atoms with Gasteiger partial charge in [-0.2, -0.15) is 0 Å². The number of carbonyl (C=O) groups is 2. The van der Waals surface area contributed by atoms with E-state index < -0.39 is 0 Å². The molecule has 3 atom stereocenters. The summed E-state index contributed by atoms with van der Waals surface area (Å²) in [5, 5.41) is 2.80. The van der Waals surface area contributed by atoms with Crippen LogP contribution in [0.3, 0.4) is 0 Å². The van der Waals surface area contributed by atoms with Crippen LogP contribution in [0.15, 0.2) is 54.7 Å².